The van der Waals surface area contributed by atoms with Gasteiger partial charge in [-0.05, 0) is 19.1 Å². The van der Waals surface area contributed by atoms with Crippen molar-refractivity contribution < 1.29 is 24.7 Å². The lowest BCUT2D eigenvalue weighted by molar-refractivity contribution is -0.739. The summed E-state index contributed by atoms with van der Waals surface area (Å²) in [5, 5.41) is 24.6. The highest BCUT2D eigenvalue weighted by Gasteiger charge is 2.45. The number of methoxy groups -OCH3 is 1. The Labute approximate surface area is 165 Å². The third-order valence-corrected chi connectivity index (χ3v) is 4.94. The maximum atomic E-state index is 12.5. The normalized spacial score (nSPS) is 21.2. The summed E-state index contributed by atoms with van der Waals surface area (Å²) in [4.78, 5) is 38.9. The first kappa shape index (κ1) is 20.1. The molecule has 0 radical (unpaired) electrons. The molecule has 1 aliphatic rings. The van der Waals surface area contributed by atoms with E-state index in [2.05, 4.69) is 4.99 Å². The molecule has 0 saturated heterocycles. The van der Waals surface area contributed by atoms with E-state index >= 15 is 0 Å². The molecular weight excluding hydrogens is 380 g/mol. The van der Waals surface area contributed by atoms with E-state index < -0.39 is 33.9 Å². The zero-order valence-electron chi connectivity index (χ0n) is 15.7. The van der Waals surface area contributed by atoms with Crippen LogP contribution in [0.1, 0.15) is 30.3 Å². The molecule has 0 fully saturated rings. The Morgan fingerprint density at radius 3 is 2.07 bits per heavy atom. The molecule has 0 spiro atoms. The average Bonchev–Trinajstić information content (AvgIpc) is 2.72. The lowest BCUT2D eigenvalue weighted by atomic mass is 9.86. The quantitative estimate of drug-likeness (QED) is 0.463. The molecule has 1 heterocycles. The predicted octanol–water partition coefficient (Wildman–Crippen LogP) is 2.07. The van der Waals surface area contributed by atoms with Gasteiger partial charge in [-0.25, -0.2) is 4.99 Å². The Bertz CT molecular complexity index is 1010. The molecule has 10 nitrogen and oxygen atoms in total. The van der Waals surface area contributed by atoms with Crippen LogP contribution in [0.25, 0.3) is 0 Å². The molecule has 3 atom stereocenters. The number of nitro groups is 2. The SMILES string of the molecule is COC(=O)C1C(C)=N[C@H](c2ccccc2[N+](=O)[O-])[NH2+][C@@H]1c1ccccc1[N+](=O)[O-]. The highest BCUT2D eigenvalue weighted by atomic mass is 16.6. The molecule has 3 rings (SSSR count). The largest absolute Gasteiger partial charge is 0.468 e. The summed E-state index contributed by atoms with van der Waals surface area (Å²) in [6, 6.07) is 11.6. The van der Waals surface area contributed by atoms with E-state index in [0.29, 0.717) is 16.8 Å². The second-order valence-corrected chi connectivity index (χ2v) is 6.57. The fourth-order valence-electron chi connectivity index (χ4n) is 3.65. The Morgan fingerprint density at radius 2 is 1.52 bits per heavy atom. The molecule has 1 unspecified atom stereocenters. The van der Waals surface area contributed by atoms with Crippen LogP contribution >= 0.6 is 0 Å². The van der Waals surface area contributed by atoms with Crippen molar-refractivity contribution in [3.63, 3.8) is 0 Å². The third-order valence-electron chi connectivity index (χ3n) is 4.94. The monoisotopic (exact) mass is 399 g/mol. The number of carbonyl (C=O) groups is 1. The van der Waals surface area contributed by atoms with Gasteiger partial charge in [-0.2, -0.15) is 0 Å². The minimum absolute atomic E-state index is 0.108. The maximum absolute atomic E-state index is 12.5. The zero-order chi connectivity index (χ0) is 21.1. The van der Waals surface area contributed by atoms with Gasteiger partial charge in [-0.1, -0.05) is 24.3 Å². The Balaban J connectivity index is 2.15. The van der Waals surface area contributed by atoms with Crippen LogP contribution in [-0.4, -0.2) is 28.6 Å². The van der Waals surface area contributed by atoms with Crippen LogP contribution in [-0.2, 0) is 9.53 Å². The number of quaternary nitrogens is 1. The van der Waals surface area contributed by atoms with Crippen LogP contribution in [0.15, 0.2) is 53.5 Å². The molecule has 150 valence electrons. The topological polar surface area (TPSA) is 142 Å². The van der Waals surface area contributed by atoms with Gasteiger partial charge in [-0.15, -0.1) is 0 Å². The summed E-state index contributed by atoms with van der Waals surface area (Å²) in [6.07, 6.45) is -0.734. The molecule has 0 bridgehead atoms. The number of nitrogens with zero attached hydrogens (tertiary/aromatic N) is 3. The molecule has 10 heteroatoms. The van der Waals surface area contributed by atoms with Gasteiger partial charge < -0.3 is 10.1 Å². The molecule has 1 aliphatic heterocycles. The van der Waals surface area contributed by atoms with Crippen molar-refractivity contribution in [3.8, 4) is 0 Å². The molecule has 0 saturated carbocycles. The third kappa shape index (κ3) is 3.83. The number of nitro benzene ring substituents is 2. The fraction of sp³-hybridized carbons (Fsp3) is 0.263. The second kappa shape index (κ2) is 8.15. The van der Waals surface area contributed by atoms with Gasteiger partial charge in [0.1, 0.15) is 11.6 Å². The molecule has 29 heavy (non-hydrogen) atoms. The molecule has 2 aromatic rings. The molecular formula is C19H19N4O6+. The van der Waals surface area contributed by atoms with Crippen molar-refractivity contribution in [2.75, 3.05) is 7.11 Å². The van der Waals surface area contributed by atoms with Gasteiger partial charge in [0.25, 0.3) is 11.4 Å². The lowest BCUT2D eigenvalue weighted by Crippen LogP contribution is -2.89. The molecule has 0 amide bonds. The number of nitrogens with two attached hydrogens (primary N) is 1. The first-order chi connectivity index (χ1) is 13.8. The van der Waals surface area contributed by atoms with E-state index in [-0.39, 0.29) is 11.4 Å². The van der Waals surface area contributed by atoms with Crippen molar-refractivity contribution >= 4 is 23.1 Å². The average molecular weight is 399 g/mol. The van der Waals surface area contributed by atoms with Crippen LogP contribution in [0, 0.1) is 26.1 Å². The number of hydrogen-bond donors (Lipinski definition) is 1. The predicted molar refractivity (Wildman–Crippen MR) is 102 cm³/mol. The Morgan fingerprint density at radius 1 is 1.00 bits per heavy atom. The van der Waals surface area contributed by atoms with Gasteiger partial charge in [0, 0.05) is 17.8 Å². The number of para-hydroxylation sites is 2. The molecule has 2 aromatic carbocycles. The Hall–Kier alpha value is -3.66. The number of rotatable bonds is 5. The van der Waals surface area contributed by atoms with Crippen molar-refractivity contribution in [3.05, 3.63) is 79.9 Å². The first-order valence-electron chi connectivity index (χ1n) is 8.79. The van der Waals surface area contributed by atoms with Crippen LogP contribution in [0.5, 0.6) is 0 Å². The summed E-state index contributed by atoms with van der Waals surface area (Å²) in [5.74, 6) is -1.44. The maximum Gasteiger partial charge on any atom is 0.320 e. The van der Waals surface area contributed by atoms with Crippen LogP contribution in [0.3, 0.4) is 0 Å². The number of aliphatic imine (C=N–C) groups is 1. The van der Waals surface area contributed by atoms with Crippen molar-refractivity contribution in [1.29, 1.82) is 0 Å². The zero-order valence-corrected chi connectivity index (χ0v) is 15.7. The highest BCUT2D eigenvalue weighted by molar-refractivity contribution is 6.02. The second-order valence-electron chi connectivity index (χ2n) is 6.57. The van der Waals surface area contributed by atoms with E-state index in [0.717, 1.165) is 0 Å². The number of ether oxygens (including phenoxy) is 1. The molecule has 0 aromatic heterocycles. The number of benzene rings is 2. The number of hydrogen-bond acceptors (Lipinski definition) is 7. The van der Waals surface area contributed by atoms with Crippen LogP contribution in [0.4, 0.5) is 11.4 Å². The number of esters is 1. The van der Waals surface area contributed by atoms with Crippen molar-refractivity contribution in [2.24, 2.45) is 10.9 Å². The van der Waals surface area contributed by atoms with E-state index in [1.165, 1.54) is 25.3 Å². The molecule has 2 N–H and O–H groups in total. The summed E-state index contributed by atoms with van der Waals surface area (Å²) in [7, 11) is 1.24. The minimum atomic E-state index is -0.861. The van der Waals surface area contributed by atoms with E-state index in [9.17, 15) is 25.0 Å². The molecule has 0 aliphatic carbocycles. The van der Waals surface area contributed by atoms with Crippen LogP contribution in [0.2, 0.25) is 0 Å². The lowest BCUT2D eigenvalue weighted by Gasteiger charge is -2.31. The van der Waals surface area contributed by atoms with Gasteiger partial charge in [0.2, 0.25) is 6.17 Å². The summed E-state index contributed by atoms with van der Waals surface area (Å²) < 4.78 is 4.90. The highest BCUT2D eigenvalue weighted by Crippen LogP contribution is 2.34. The summed E-state index contributed by atoms with van der Waals surface area (Å²) in [6.45, 7) is 1.62. The fourth-order valence-corrected chi connectivity index (χ4v) is 3.65. The van der Waals surface area contributed by atoms with E-state index in [1.54, 1.807) is 42.6 Å². The minimum Gasteiger partial charge on any atom is -0.468 e. The standard InChI is InChI=1S/C19H18N4O6/c1-11-16(19(24)29-2)17(12-7-3-5-9-14(12)22(25)26)21-18(20-11)13-8-4-6-10-15(13)23(27)28/h3-10,16-18,21H,1-2H3/p+1/t16?,17-,18+/m1/s1. The Kier molecular flexibility index (Phi) is 5.64. The van der Waals surface area contributed by atoms with E-state index in [4.69, 9.17) is 4.74 Å². The summed E-state index contributed by atoms with van der Waals surface area (Å²) in [5.41, 5.74) is 0.821. The van der Waals surface area contributed by atoms with Gasteiger partial charge in [0.15, 0.2) is 5.92 Å². The van der Waals surface area contributed by atoms with Crippen molar-refractivity contribution in [1.82, 2.24) is 0 Å². The smallest absolute Gasteiger partial charge is 0.320 e. The van der Waals surface area contributed by atoms with Gasteiger partial charge in [-0.3, -0.25) is 25.0 Å². The van der Waals surface area contributed by atoms with E-state index in [1.807, 2.05) is 0 Å². The van der Waals surface area contributed by atoms with Crippen molar-refractivity contribution in [2.45, 2.75) is 19.1 Å². The van der Waals surface area contributed by atoms with Crippen LogP contribution < -0.4 is 5.32 Å². The van der Waals surface area contributed by atoms with Gasteiger partial charge in [0.05, 0.1) is 22.5 Å². The summed E-state index contributed by atoms with van der Waals surface area (Å²) >= 11 is 0. The van der Waals surface area contributed by atoms with Gasteiger partial charge >= 0.3 is 5.97 Å². The number of carbonyl (C=O) groups excluding carboxylic acids is 1. The first-order valence-corrected chi connectivity index (χ1v) is 8.79.